The summed E-state index contributed by atoms with van der Waals surface area (Å²) in [6.45, 7) is 0. The minimum atomic E-state index is -1.78. The molecular formula is C19H14Cl4O4. The quantitative estimate of drug-likeness (QED) is 0.516. The van der Waals surface area contributed by atoms with Crippen molar-refractivity contribution >= 4 is 63.5 Å². The summed E-state index contributed by atoms with van der Waals surface area (Å²) in [7, 11) is 2.66. The van der Waals surface area contributed by atoms with Gasteiger partial charge in [-0.1, -0.05) is 53.5 Å². The highest BCUT2D eigenvalue weighted by Crippen LogP contribution is 2.75. The summed E-state index contributed by atoms with van der Waals surface area (Å²) in [5.41, 5.74) is 0.851. The molecule has 0 saturated heterocycles. The molecule has 2 bridgehead atoms. The second-order valence-corrected chi connectivity index (χ2v) is 8.67. The van der Waals surface area contributed by atoms with E-state index in [-0.39, 0.29) is 27.2 Å². The van der Waals surface area contributed by atoms with E-state index in [1.165, 1.54) is 20.3 Å². The predicted octanol–water partition coefficient (Wildman–Crippen LogP) is 4.11. The molecule has 4 nitrogen and oxygen atoms in total. The zero-order chi connectivity index (χ0) is 19.8. The van der Waals surface area contributed by atoms with Crippen LogP contribution in [0.1, 0.15) is 5.56 Å². The highest BCUT2D eigenvalue weighted by atomic mass is 35.5. The number of carbonyl (C=O) groups is 2. The number of benzene rings is 1. The number of hydrogen-bond donors (Lipinski definition) is 0. The fraction of sp³-hybridized carbons (Fsp3) is 0.368. The number of alkyl halides is 2. The average Bonchev–Trinajstić information content (AvgIpc) is 2.94. The molecule has 4 atom stereocenters. The molecule has 0 unspecified atom stereocenters. The zero-order valence-corrected chi connectivity index (χ0v) is 17.3. The zero-order valence-electron chi connectivity index (χ0n) is 14.3. The number of methoxy groups -OCH3 is 2. The molecule has 3 aliphatic rings. The fourth-order valence-corrected chi connectivity index (χ4v) is 6.88. The van der Waals surface area contributed by atoms with Gasteiger partial charge in [-0.2, -0.15) is 0 Å². The molecule has 8 heteroatoms. The van der Waals surface area contributed by atoms with Gasteiger partial charge in [0.2, 0.25) is 5.79 Å². The molecule has 1 saturated carbocycles. The normalized spacial score (nSPS) is 36.9. The first-order valence-electron chi connectivity index (χ1n) is 8.11. The summed E-state index contributed by atoms with van der Waals surface area (Å²) in [5.74, 6) is -4.66. The summed E-state index contributed by atoms with van der Waals surface area (Å²) in [5, 5.41) is -0.0789. The van der Waals surface area contributed by atoms with E-state index >= 15 is 0 Å². The van der Waals surface area contributed by atoms with E-state index in [2.05, 4.69) is 0 Å². The van der Waals surface area contributed by atoms with Gasteiger partial charge in [-0.25, -0.2) is 0 Å². The van der Waals surface area contributed by atoms with Crippen molar-refractivity contribution in [3.63, 3.8) is 0 Å². The van der Waals surface area contributed by atoms with Crippen LogP contribution in [0.25, 0.3) is 5.57 Å². The maximum Gasteiger partial charge on any atom is 0.218 e. The Morgan fingerprint density at radius 1 is 0.889 bits per heavy atom. The number of hydrogen-bond acceptors (Lipinski definition) is 4. The Labute approximate surface area is 176 Å². The maximum absolute atomic E-state index is 13.5. The minimum Gasteiger partial charge on any atom is -0.350 e. The van der Waals surface area contributed by atoms with Gasteiger partial charge in [0.25, 0.3) is 0 Å². The van der Waals surface area contributed by atoms with Crippen molar-refractivity contribution in [2.75, 3.05) is 14.2 Å². The Balaban J connectivity index is 1.98. The SMILES string of the molecule is COC1(OC)[C@@]2(Cl)C(Cl)=C(Cl)[C@]1(Cl)[C@@H]1C(=O)C=C(c3ccccc3)C(=O)[C@@H]12. The third kappa shape index (κ3) is 1.94. The van der Waals surface area contributed by atoms with E-state index in [1.54, 1.807) is 24.3 Å². The molecule has 1 fully saturated rings. The van der Waals surface area contributed by atoms with Gasteiger partial charge in [0.15, 0.2) is 11.6 Å². The Kier molecular flexibility index (Phi) is 4.36. The number of fused-ring (bicyclic) bond motifs is 5. The number of ketones is 2. The lowest BCUT2D eigenvalue weighted by Gasteiger charge is -2.41. The third-order valence-electron chi connectivity index (χ3n) is 5.78. The number of allylic oxidation sites excluding steroid dienone is 2. The van der Waals surface area contributed by atoms with Gasteiger partial charge < -0.3 is 9.47 Å². The van der Waals surface area contributed by atoms with Crippen LogP contribution in [0.5, 0.6) is 0 Å². The van der Waals surface area contributed by atoms with E-state index in [0.717, 1.165) is 0 Å². The van der Waals surface area contributed by atoms with Crippen molar-refractivity contribution in [2.24, 2.45) is 11.8 Å². The van der Waals surface area contributed by atoms with Crippen LogP contribution in [-0.4, -0.2) is 41.3 Å². The van der Waals surface area contributed by atoms with Gasteiger partial charge in [0.05, 0.1) is 21.9 Å². The monoisotopic (exact) mass is 446 g/mol. The molecular weight excluding hydrogens is 434 g/mol. The highest BCUT2D eigenvalue weighted by molar-refractivity contribution is 6.54. The van der Waals surface area contributed by atoms with Crippen molar-refractivity contribution in [3.05, 3.63) is 52.0 Å². The van der Waals surface area contributed by atoms with Gasteiger partial charge in [-0.3, -0.25) is 9.59 Å². The number of rotatable bonds is 3. The van der Waals surface area contributed by atoms with Gasteiger partial charge in [0, 0.05) is 19.8 Å². The Morgan fingerprint density at radius 3 is 1.93 bits per heavy atom. The molecule has 3 aliphatic carbocycles. The van der Waals surface area contributed by atoms with Crippen LogP contribution in [0.3, 0.4) is 0 Å². The largest absolute Gasteiger partial charge is 0.350 e. The molecule has 142 valence electrons. The van der Waals surface area contributed by atoms with Crippen molar-refractivity contribution in [3.8, 4) is 0 Å². The Morgan fingerprint density at radius 2 is 1.41 bits per heavy atom. The maximum atomic E-state index is 13.5. The summed E-state index contributed by atoms with van der Waals surface area (Å²) in [6, 6.07) is 8.85. The van der Waals surface area contributed by atoms with E-state index in [4.69, 9.17) is 55.9 Å². The predicted molar refractivity (Wildman–Crippen MR) is 104 cm³/mol. The molecule has 0 N–H and O–H groups in total. The lowest BCUT2D eigenvalue weighted by atomic mass is 9.70. The standard InChI is InChI=1S/C19H14Cl4O4/c1-26-19(27-2)17(22)12-11(24)8-10(9-6-4-3-5-7-9)14(25)13(12)18(19,23)16(21)15(17)20/h3-8,12-13H,1-2H3/t12-,13-,17-,18+/m1/s1. The van der Waals surface area contributed by atoms with Gasteiger partial charge >= 0.3 is 0 Å². The molecule has 0 heterocycles. The smallest absolute Gasteiger partial charge is 0.218 e. The van der Waals surface area contributed by atoms with Crippen LogP contribution in [0, 0.1) is 11.8 Å². The van der Waals surface area contributed by atoms with Crippen LogP contribution in [-0.2, 0) is 19.1 Å². The first-order valence-corrected chi connectivity index (χ1v) is 9.63. The topological polar surface area (TPSA) is 52.6 Å². The number of halogens is 4. The van der Waals surface area contributed by atoms with Crippen molar-refractivity contribution in [2.45, 2.75) is 15.5 Å². The average molecular weight is 448 g/mol. The second kappa shape index (κ2) is 6.06. The summed E-state index contributed by atoms with van der Waals surface area (Å²) in [4.78, 5) is 23.1. The molecule has 1 aromatic carbocycles. The molecule has 27 heavy (non-hydrogen) atoms. The fourth-order valence-electron chi connectivity index (χ4n) is 4.70. The molecule has 0 radical (unpaired) electrons. The van der Waals surface area contributed by atoms with E-state index in [1.807, 2.05) is 6.07 Å². The number of Topliss-reactive ketones (excluding diaryl/α,β-unsaturated/α-hetero) is 1. The summed E-state index contributed by atoms with van der Waals surface area (Å²) in [6.07, 6.45) is 1.29. The second-order valence-electron chi connectivity index (χ2n) is 6.72. The Bertz CT molecular complexity index is 921. The van der Waals surface area contributed by atoms with E-state index in [9.17, 15) is 9.59 Å². The van der Waals surface area contributed by atoms with Gasteiger partial charge in [0.1, 0.15) is 9.75 Å². The van der Waals surface area contributed by atoms with Crippen molar-refractivity contribution in [1.29, 1.82) is 0 Å². The molecule has 0 spiro atoms. The van der Waals surface area contributed by atoms with E-state index in [0.29, 0.717) is 5.56 Å². The van der Waals surface area contributed by atoms with Crippen LogP contribution < -0.4 is 0 Å². The first kappa shape index (κ1) is 19.4. The van der Waals surface area contributed by atoms with Crippen LogP contribution in [0.2, 0.25) is 0 Å². The van der Waals surface area contributed by atoms with Crippen LogP contribution in [0.4, 0.5) is 0 Å². The molecule has 0 amide bonds. The first-order chi connectivity index (χ1) is 12.7. The Hall–Kier alpha value is -0.880. The molecule has 0 aromatic heterocycles. The summed E-state index contributed by atoms with van der Waals surface area (Å²) >= 11 is 26.7. The lowest BCUT2D eigenvalue weighted by Crippen LogP contribution is -2.58. The molecule has 4 rings (SSSR count). The van der Waals surface area contributed by atoms with Crippen LogP contribution >= 0.6 is 46.4 Å². The number of ether oxygens (including phenoxy) is 2. The third-order valence-corrected chi connectivity index (χ3v) is 8.39. The number of carbonyl (C=O) groups excluding carboxylic acids is 2. The lowest BCUT2D eigenvalue weighted by molar-refractivity contribution is -0.220. The van der Waals surface area contributed by atoms with Gasteiger partial charge in [-0.05, 0) is 11.6 Å². The van der Waals surface area contributed by atoms with Crippen molar-refractivity contribution in [1.82, 2.24) is 0 Å². The summed E-state index contributed by atoms with van der Waals surface area (Å²) < 4.78 is 11.2. The van der Waals surface area contributed by atoms with Crippen molar-refractivity contribution < 1.29 is 19.1 Å². The molecule has 1 aromatic rings. The highest BCUT2D eigenvalue weighted by Gasteiger charge is 2.87. The van der Waals surface area contributed by atoms with Crippen LogP contribution in [0.15, 0.2) is 46.5 Å². The van der Waals surface area contributed by atoms with Gasteiger partial charge in [-0.15, -0.1) is 23.2 Å². The minimum absolute atomic E-state index is 0.0384. The van der Waals surface area contributed by atoms with E-state index < -0.39 is 27.4 Å². The molecule has 0 aliphatic heterocycles.